The topological polar surface area (TPSA) is 127 Å². The summed E-state index contributed by atoms with van der Waals surface area (Å²) >= 11 is 4.05. The molecule has 0 radical (unpaired) electrons. The highest BCUT2D eigenvalue weighted by atomic mass is 79.9. The number of aromatic nitrogens is 4. The minimum atomic E-state index is -3.83. The van der Waals surface area contributed by atoms with E-state index in [1.165, 1.54) is 12.4 Å². The van der Waals surface area contributed by atoms with Crippen molar-refractivity contribution in [2.45, 2.75) is 11.6 Å². The number of carboxylic acids is 1. The van der Waals surface area contributed by atoms with Gasteiger partial charge in [-0.15, -0.1) is 16.4 Å². The molecular formula is C8H8BrN5O4S2. The number of nitrogens with zero attached hydrogens (tertiary/aromatic N) is 4. The van der Waals surface area contributed by atoms with Crippen LogP contribution in [-0.2, 0) is 23.6 Å². The highest BCUT2D eigenvalue weighted by Gasteiger charge is 2.24. The van der Waals surface area contributed by atoms with E-state index in [0.29, 0.717) is 5.01 Å². The lowest BCUT2D eigenvalue weighted by Gasteiger charge is -2.04. The number of rotatable bonds is 5. The summed E-state index contributed by atoms with van der Waals surface area (Å²) in [6.45, 7) is -0.113. The van der Waals surface area contributed by atoms with Crippen molar-refractivity contribution in [1.82, 2.24) is 24.7 Å². The van der Waals surface area contributed by atoms with Gasteiger partial charge >= 0.3 is 5.97 Å². The lowest BCUT2D eigenvalue weighted by atomic mass is 10.5. The van der Waals surface area contributed by atoms with Crippen molar-refractivity contribution in [3.63, 3.8) is 0 Å². The molecule has 0 aromatic carbocycles. The Labute approximate surface area is 125 Å². The molecule has 0 saturated heterocycles. The predicted octanol–water partition coefficient (Wildman–Crippen LogP) is 0.211. The third-order valence-electron chi connectivity index (χ3n) is 2.18. The molecular weight excluding hydrogens is 374 g/mol. The molecule has 2 aromatic heterocycles. The number of carboxylic acid groups (broad SMARTS) is 1. The van der Waals surface area contributed by atoms with Crippen LogP contribution in [0.4, 0.5) is 0 Å². The molecule has 0 spiro atoms. The van der Waals surface area contributed by atoms with Crippen molar-refractivity contribution < 1.29 is 18.3 Å². The largest absolute Gasteiger partial charge is 0.476 e. The number of hydrogen-bond acceptors (Lipinski definition) is 7. The Bertz CT molecular complexity index is 733. The summed E-state index contributed by atoms with van der Waals surface area (Å²) in [7, 11) is -2.38. The second-order valence-electron chi connectivity index (χ2n) is 3.57. The van der Waals surface area contributed by atoms with Crippen LogP contribution >= 0.6 is 27.3 Å². The maximum absolute atomic E-state index is 12.1. The van der Waals surface area contributed by atoms with Gasteiger partial charge in [0.25, 0.3) is 10.0 Å². The van der Waals surface area contributed by atoms with E-state index in [1.807, 2.05) is 0 Å². The second-order valence-corrected chi connectivity index (χ2v) is 6.94. The van der Waals surface area contributed by atoms with E-state index in [0.717, 1.165) is 16.0 Å². The van der Waals surface area contributed by atoms with E-state index in [4.69, 9.17) is 5.11 Å². The fourth-order valence-electron chi connectivity index (χ4n) is 1.32. The fraction of sp³-hybridized carbons (Fsp3) is 0.250. The van der Waals surface area contributed by atoms with E-state index in [-0.39, 0.29) is 21.9 Å². The number of carbonyl (C=O) groups is 1. The molecule has 0 fully saturated rings. The predicted molar refractivity (Wildman–Crippen MR) is 71.8 cm³/mol. The average molecular weight is 382 g/mol. The average Bonchev–Trinajstić information content (AvgIpc) is 2.94. The summed E-state index contributed by atoms with van der Waals surface area (Å²) in [5.41, 5.74) is -0.118. The van der Waals surface area contributed by atoms with Crippen molar-refractivity contribution in [2.75, 3.05) is 0 Å². The SMILES string of the molecule is Cn1nnc(Br)c1S(=O)(=O)NCc1nc(C(=O)O)cs1. The van der Waals surface area contributed by atoms with Gasteiger partial charge in [-0.3, -0.25) is 0 Å². The zero-order valence-corrected chi connectivity index (χ0v) is 13.2. The van der Waals surface area contributed by atoms with Gasteiger partial charge in [-0.05, 0) is 15.9 Å². The molecule has 2 heterocycles. The molecule has 0 saturated carbocycles. The van der Waals surface area contributed by atoms with Crippen LogP contribution in [0, 0.1) is 0 Å². The Kier molecular flexibility index (Phi) is 4.17. The van der Waals surface area contributed by atoms with Gasteiger partial charge in [-0.1, -0.05) is 5.21 Å². The highest BCUT2D eigenvalue weighted by molar-refractivity contribution is 9.10. The van der Waals surface area contributed by atoms with Gasteiger partial charge in [-0.2, -0.15) is 0 Å². The van der Waals surface area contributed by atoms with E-state index in [9.17, 15) is 13.2 Å². The molecule has 2 rings (SSSR count). The molecule has 0 bridgehead atoms. The molecule has 20 heavy (non-hydrogen) atoms. The molecule has 0 unspecified atom stereocenters. The van der Waals surface area contributed by atoms with Crippen LogP contribution in [0.3, 0.4) is 0 Å². The lowest BCUT2D eigenvalue weighted by molar-refractivity contribution is 0.0691. The first-order chi connectivity index (χ1) is 9.31. The smallest absolute Gasteiger partial charge is 0.355 e. The minimum absolute atomic E-state index is 0.0952. The number of aromatic carboxylic acids is 1. The van der Waals surface area contributed by atoms with Crippen LogP contribution in [0.1, 0.15) is 15.5 Å². The van der Waals surface area contributed by atoms with Gasteiger partial charge in [0.2, 0.25) is 5.03 Å². The zero-order chi connectivity index (χ0) is 14.9. The first-order valence-electron chi connectivity index (χ1n) is 5.04. The maximum atomic E-state index is 12.1. The van der Waals surface area contributed by atoms with Crippen LogP contribution in [0.25, 0.3) is 0 Å². The van der Waals surface area contributed by atoms with Crippen molar-refractivity contribution in [1.29, 1.82) is 0 Å². The number of halogens is 1. The third-order valence-corrected chi connectivity index (χ3v) is 5.31. The highest BCUT2D eigenvalue weighted by Crippen LogP contribution is 2.18. The zero-order valence-electron chi connectivity index (χ0n) is 9.94. The van der Waals surface area contributed by atoms with Crippen LogP contribution in [0.15, 0.2) is 15.0 Å². The van der Waals surface area contributed by atoms with Crippen LogP contribution in [0.2, 0.25) is 0 Å². The normalized spacial score (nSPS) is 11.7. The van der Waals surface area contributed by atoms with Gasteiger partial charge in [0, 0.05) is 12.4 Å². The minimum Gasteiger partial charge on any atom is -0.476 e. The van der Waals surface area contributed by atoms with Gasteiger partial charge in [0.1, 0.15) is 5.01 Å². The molecule has 0 aliphatic heterocycles. The van der Waals surface area contributed by atoms with E-state index in [2.05, 4.69) is 35.9 Å². The lowest BCUT2D eigenvalue weighted by Crippen LogP contribution is -2.25. The van der Waals surface area contributed by atoms with Crippen molar-refractivity contribution in [2.24, 2.45) is 7.05 Å². The summed E-state index contributed by atoms with van der Waals surface area (Å²) in [6.07, 6.45) is 0. The number of sulfonamides is 1. The fourth-order valence-corrected chi connectivity index (χ4v) is 4.20. The summed E-state index contributed by atoms with van der Waals surface area (Å²) < 4.78 is 27.6. The molecule has 0 aliphatic rings. The summed E-state index contributed by atoms with van der Waals surface area (Å²) in [6, 6.07) is 0. The van der Waals surface area contributed by atoms with Crippen molar-refractivity contribution >= 4 is 43.3 Å². The number of nitrogens with one attached hydrogen (secondary N) is 1. The Hall–Kier alpha value is -1.37. The number of thiazole rings is 1. The second kappa shape index (κ2) is 5.55. The van der Waals surface area contributed by atoms with Crippen LogP contribution < -0.4 is 4.72 Å². The Morgan fingerprint density at radius 3 is 2.80 bits per heavy atom. The van der Waals surface area contributed by atoms with Crippen molar-refractivity contribution in [3.8, 4) is 0 Å². The molecule has 2 N–H and O–H groups in total. The van der Waals surface area contributed by atoms with Crippen LogP contribution in [0.5, 0.6) is 0 Å². The Morgan fingerprint density at radius 1 is 1.60 bits per heavy atom. The van der Waals surface area contributed by atoms with Gasteiger partial charge in [0.05, 0.1) is 6.54 Å². The van der Waals surface area contributed by atoms with Crippen molar-refractivity contribution in [3.05, 3.63) is 20.7 Å². The summed E-state index contributed by atoms with van der Waals surface area (Å²) in [4.78, 5) is 14.5. The standard InChI is InChI=1S/C8H8BrN5O4S2/c1-14-7(6(9)12-13-14)20(17,18)10-2-5-11-4(3-19-5)8(15)16/h3,10H,2H2,1H3,(H,15,16). The Morgan fingerprint density at radius 2 is 2.30 bits per heavy atom. The van der Waals surface area contributed by atoms with Gasteiger partial charge in [0.15, 0.2) is 10.3 Å². The molecule has 0 amide bonds. The Balaban J connectivity index is 2.15. The quantitative estimate of drug-likeness (QED) is 0.757. The molecule has 12 heteroatoms. The first-order valence-corrected chi connectivity index (χ1v) is 8.19. The molecule has 0 atom stereocenters. The third kappa shape index (κ3) is 3.03. The van der Waals surface area contributed by atoms with E-state index in [1.54, 1.807) is 0 Å². The number of aryl methyl sites for hydroxylation is 1. The van der Waals surface area contributed by atoms with E-state index < -0.39 is 16.0 Å². The van der Waals surface area contributed by atoms with Gasteiger partial charge in [-0.25, -0.2) is 27.6 Å². The van der Waals surface area contributed by atoms with Crippen LogP contribution in [-0.4, -0.2) is 39.5 Å². The molecule has 108 valence electrons. The molecule has 0 aliphatic carbocycles. The summed E-state index contributed by atoms with van der Waals surface area (Å²) in [5, 5.41) is 17.5. The maximum Gasteiger partial charge on any atom is 0.355 e. The first kappa shape index (κ1) is 15.0. The number of hydrogen-bond donors (Lipinski definition) is 2. The molecule has 2 aromatic rings. The summed E-state index contributed by atoms with van der Waals surface area (Å²) in [5.74, 6) is -1.16. The monoisotopic (exact) mass is 381 g/mol. The van der Waals surface area contributed by atoms with Gasteiger partial charge < -0.3 is 5.11 Å². The molecule has 9 nitrogen and oxygen atoms in total. The van der Waals surface area contributed by atoms with E-state index >= 15 is 0 Å².